The molecule has 0 aliphatic carbocycles. The molecule has 0 saturated carbocycles. The van der Waals surface area contributed by atoms with E-state index >= 15 is 0 Å². The Kier molecular flexibility index (Phi) is 3.30. The molecule has 1 aliphatic rings. The predicted molar refractivity (Wildman–Crippen MR) is 83.8 cm³/mol. The van der Waals surface area contributed by atoms with E-state index in [1.165, 1.54) is 11.0 Å². The number of hydrogen-bond donors (Lipinski definition) is 0. The number of rotatable bonds is 1. The average Bonchev–Trinajstić information content (AvgIpc) is 2.71. The Morgan fingerprint density at radius 3 is 1.90 bits per heavy atom. The highest BCUT2D eigenvalue weighted by Gasteiger charge is 2.34. The van der Waals surface area contributed by atoms with Crippen molar-refractivity contribution in [1.82, 2.24) is 0 Å². The molecular formula is C15H8F3NS2. The topological polar surface area (TPSA) is 3.24 Å². The molecule has 21 heavy (non-hydrogen) atoms. The second-order valence-electron chi connectivity index (χ2n) is 4.54. The predicted octanol–water partition coefficient (Wildman–Crippen LogP) is 4.58. The van der Waals surface area contributed by atoms with Crippen LogP contribution in [0.25, 0.3) is 0 Å². The lowest BCUT2D eigenvalue weighted by molar-refractivity contribution is -0.137. The molecule has 0 fully saturated rings. The molecule has 3 rings (SSSR count). The first-order chi connectivity index (χ1) is 9.89. The molecule has 0 amide bonds. The van der Waals surface area contributed by atoms with Gasteiger partial charge in [0.05, 0.1) is 5.56 Å². The molecule has 0 bridgehead atoms. The molecule has 0 N–H and O–H groups in total. The van der Waals surface area contributed by atoms with Crippen LogP contribution in [0.2, 0.25) is 0 Å². The van der Waals surface area contributed by atoms with Gasteiger partial charge in [-0.3, -0.25) is 4.90 Å². The SMILES string of the molecule is FC(F)(F)c1cccc(N2C(=S)c3ccccc3C2=S)c1. The first kappa shape index (κ1) is 14.2. The van der Waals surface area contributed by atoms with Gasteiger partial charge in [-0.25, -0.2) is 0 Å². The van der Waals surface area contributed by atoms with Crippen molar-refractivity contribution >= 4 is 40.1 Å². The van der Waals surface area contributed by atoms with Crippen molar-refractivity contribution in [2.45, 2.75) is 6.18 Å². The summed E-state index contributed by atoms with van der Waals surface area (Å²) in [6, 6.07) is 12.3. The van der Waals surface area contributed by atoms with Crippen molar-refractivity contribution in [3.63, 3.8) is 0 Å². The maximum atomic E-state index is 12.8. The zero-order valence-electron chi connectivity index (χ0n) is 10.5. The van der Waals surface area contributed by atoms with E-state index in [1.807, 2.05) is 24.3 Å². The molecule has 1 heterocycles. The van der Waals surface area contributed by atoms with Gasteiger partial charge < -0.3 is 0 Å². The number of nitrogens with zero attached hydrogens (tertiary/aromatic N) is 1. The van der Waals surface area contributed by atoms with Gasteiger partial charge in [-0.05, 0) is 18.2 Å². The molecule has 0 unspecified atom stereocenters. The Morgan fingerprint density at radius 1 is 0.810 bits per heavy atom. The summed E-state index contributed by atoms with van der Waals surface area (Å²) in [5.41, 5.74) is 1.16. The summed E-state index contributed by atoms with van der Waals surface area (Å²) in [5, 5.41) is 0. The van der Waals surface area contributed by atoms with Gasteiger partial charge in [0, 0.05) is 16.8 Å². The Bertz CT molecular complexity index is 718. The average molecular weight is 323 g/mol. The van der Waals surface area contributed by atoms with Crippen molar-refractivity contribution in [3.05, 3.63) is 65.2 Å². The number of thiocarbonyl (C=S) groups is 2. The smallest absolute Gasteiger partial charge is 0.291 e. The fourth-order valence-corrected chi connectivity index (χ4v) is 3.05. The Balaban J connectivity index is 2.08. The van der Waals surface area contributed by atoms with Crippen LogP contribution in [0.4, 0.5) is 18.9 Å². The van der Waals surface area contributed by atoms with Gasteiger partial charge in [0.15, 0.2) is 0 Å². The summed E-state index contributed by atoms with van der Waals surface area (Å²) in [6.45, 7) is 0. The lowest BCUT2D eigenvalue weighted by atomic mass is 10.1. The minimum atomic E-state index is -4.40. The minimum Gasteiger partial charge on any atom is -0.291 e. The van der Waals surface area contributed by atoms with E-state index in [1.54, 1.807) is 6.07 Å². The van der Waals surface area contributed by atoms with Crippen molar-refractivity contribution in [1.29, 1.82) is 0 Å². The van der Waals surface area contributed by atoms with Crippen LogP contribution in [0.3, 0.4) is 0 Å². The third-order valence-electron chi connectivity index (χ3n) is 3.23. The monoisotopic (exact) mass is 323 g/mol. The number of halogens is 3. The molecule has 1 aliphatic heterocycles. The fraction of sp³-hybridized carbons (Fsp3) is 0.0667. The van der Waals surface area contributed by atoms with Crippen molar-refractivity contribution < 1.29 is 13.2 Å². The zero-order chi connectivity index (χ0) is 15.2. The molecule has 2 aromatic carbocycles. The first-order valence-corrected chi connectivity index (χ1v) is 6.86. The van der Waals surface area contributed by atoms with Crippen LogP contribution in [0.15, 0.2) is 48.5 Å². The summed E-state index contributed by atoms with van der Waals surface area (Å²) in [7, 11) is 0. The van der Waals surface area contributed by atoms with Gasteiger partial charge in [-0.1, -0.05) is 54.8 Å². The lowest BCUT2D eigenvalue weighted by Crippen LogP contribution is -2.28. The Hall–Kier alpha value is -1.79. The third-order valence-corrected chi connectivity index (χ3v) is 4.03. The maximum Gasteiger partial charge on any atom is 0.416 e. The van der Waals surface area contributed by atoms with Crippen LogP contribution < -0.4 is 4.90 Å². The Morgan fingerprint density at radius 2 is 1.38 bits per heavy atom. The summed E-state index contributed by atoms with van der Waals surface area (Å²) in [6.07, 6.45) is -4.40. The van der Waals surface area contributed by atoms with Crippen LogP contribution in [0.5, 0.6) is 0 Å². The second kappa shape index (κ2) is 4.89. The number of hydrogen-bond acceptors (Lipinski definition) is 2. The molecule has 2 aromatic rings. The molecule has 0 aromatic heterocycles. The van der Waals surface area contributed by atoms with E-state index in [4.69, 9.17) is 24.4 Å². The van der Waals surface area contributed by atoms with Crippen molar-refractivity contribution in [2.75, 3.05) is 4.90 Å². The van der Waals surface area contributed by atoms with E-state index in [-0.39, 0.29) is 0 Å². The molecule has 6 heteroatoms. The Labute approximate surface area is 130 Å². The normalized spacial score (nSPS) is 14.5. The van der Waals surface area contributed by atoms with E-state index in [2.05, 4.69) is 0 Å². The van der Waals surface area contributed by atoms with Gasteiger partial charge in [-0.15, -0.1) is 0 Å². The van der Waals surface area contributed by atoms with Crippen LogP contribution >= 0.6 is 24.4 Å². The maximum absolute atomic E-state index is 12.8. The van der Waals surface area contributed by atoms with Crippen LogP contribution in [-0.2, 0) is 6.18 Å². The quantitative estimate of drug-likeness (QED) is 0.708. The van der Waals surface area contributed by atoms with E-state index < -0.39 is 11.7 Å². The van der Waals surface area contributed by atoms with Gasteiger partial charge in [0.2, 0.25) is 0 Å². The van der Waals surface area contributed by atoms with Crippen LogP contribution in [0, 0.1) is 0 Å². The first-order valence-electron chi connectivity index (χ1n) is 6.04. The van der Waals surface area contributed by atoms with Crippen LogP contribution in [0.1, 0.15) is 16.7 Å². The summed E-state index contributed by atoms with van der Waals surface area (Å²) in [4.78, 5) is 2.36. The molecular weight excluding hydrogens is 315 g/mol. The molecule has 1 nitrogen and oxygen atoms in total. The van der Waals surface area contributed by atoms with Gasteiger partial charge in [0.25, 0.3) is 0 Å². The largest absolute Gasteiger partial charge is 0.416 e. The highest BCUT2D eigenvalue weighted by Crippen LogP contribution is 2.34. The van der Waals surface area contributed by atoms with Gasteiger partial charge in [-0.2, -0.15) is 13.2 Å². The van der Waals surface area contributed by atoms with Gasteiger partial charge >= 0.3 is 6.18 Å². The van der Waals surface area contributed by atoms with Gasteiger partial charge in [0.1, 0.15) is 9.98 Å². The number of alkyl halides is 3. The lowest BCUT2D eigenvalue weighted by Gasteiger charge is -2.19. The fourth-order valence-electron chi connectivity index (χ4n) is 2.25. The highest BCUT2D eigenvalue weighted by atomic mass is 32.1. The minimum absolute atomic E-state index is 0.330. The second-order valence-corrected chi connectivity index (χ2v) is 5.31. The summed E-state index contributed by atoms with van der Waals surface area (Å²) < 4.78 is 38.5. The number of fused-ring (bicyclic) bond motifs is 1. The molecule has 0 radical (unpaired) electrons. The van der Waals surface area contributed by atoms with E-state index in [0.29, 0.717) is 15.7 Å². The van der Waals surface area contributed by atoms with Crippen molar-refractivity contribution in [2.24, 2.45) is 0 Å². The molecule has 0 atom stereocenters. The molecule has 0 spiro atoms. The standard InChI is InChI=1S/C15H8F3NS2/c16-15(17,18)9-4-3-5-10(8-9)19-13(20)11-6-1-2-7-12(11)14(19)21/h1-8H. The number of anilines is 1. The molecule has 0 saturated heterocycles. The molecule has 106 valence electrons. The summed E-state index contributed by atoms with van der Waals surface area (Å²) in [5.74, 6) is 0. The zero-order valence-corrected chi connectivity index (χ0v) is 12.1. The third kappa shape index (κ3) is 2.34. The van der Waals surface area contributed by atoms with Crippen LogP contribution in [-0.4, -0.2) is 9.98 Å². The van der Waals surface area contributed by atoms with E-state index in [9.17, 15) is 13.2 Å². The summed E-state index contributed by atoms with van der Waals surface area (Å²) >= 11 is 10.7. The number of benzene rings is 2. The van der Waals surface area contributed by atoms with Crippen molar-refractivity contribution in [3.8, 4) is 0 Å². The highest BCUT2D eigenvalue weighted by molar-refractivity contribution is 7.83. The van der Waals surface area contributed by atoms with E-state index in [0.717, 1.165) is 23.3 Å².